The van der Waals surface area contributed by atoms with E-state index in [2.05, 4.69) is 6.42 Å². The van der Waals surface area contributed by atoms with E-state index in [9.17, 15) is 0 Å². The average molecular weight is 106 g/mol. The molecule has 2 heteroatoms. The fraction of sp³-hybridized carbons (Fsp3) is 0.750. The van der Waals surface area contributed by atoms with Crippen molar-refractivity contribution in [1.82, 2.24) is 0 Å². The summed E-state index contributed by atoms with van der Waals surface area (Å²) in [6.07, 6.45) is 3.55. The van der Waals surface area contributed by atoms with Gasteiger partial charge in [0.25, 0.3) is 0 Å². The second-order valence-corrected chi connectivity index (χ2v) is 1.50. The van der Waals surface area contributed by atoms with Gasteiger partial charge in [-0.2, -0.15) is 0 Å². The van der Waals surface area contributed by atoms with Crippen LogP contribution in [0.4, 0.5) is 0 Å². The van der Waals surface area contributed by atoms with Crippen LogP contribution >= 0.6 is 11.6 Å². The molecule has 0 spiro atoms. The van der Waals surface area contributed by atoms with E-state index in [0.29, 0.717) is 12.2 Å². The van der Waals surface area contributed by atoms with Gasteiger partial charge in [-0.15, -0.1) is 0 Å². The number of halogens is 1. The molecule has 1 aliphatic carbocycles. The van der Waals surface area contributed by atoms with Crippen LogP contribution in [0.2, 0.25) is 0 Å². The largest absolute Gasteiger partial charge is 0.362 e. The minimum atomic E-state index is 0.334. The van der Waals surface area contributed by atoms with Gasteiger partial charge in [0, 0.05) is 0 Å². The van der Waals surface area contributed by atoms with Crippen LogP contribution in [-0.2, 0) is 4.74 Å². The molecule has 1 unspecified atom stereocenters. The smallest absolute Gasteiger partial charge is 0.121 e. The maximum atomic E-state index is 5.19. The van der Waals surface area contributed by atoms with Crippen molar-refractivity contribution in [3.63, 3.8) is 0 Å². The zero-order valence-electron chi connectivity index (χ0n) is 3.36. The monoisotopic (exact) mass is 105 g/mol. The Morgan fingerprint density at radius 3 is 2.83 bits per heavy atom. The third kappa shape index (κ3) is 1.15. The lowest BCUT2D eigenvalue weighted by molar-refractivity contribution is 0.172. The van der Waals surface area contributed by atoms with Crippen molar-refractivity contribution in [2.24, 2.45) is 0 Å². The molecule has 1 aliphatic rings. The first-order valence-electron chi connectivity index (χ1n) is 1.94. The summed E-state index contributed by atoms with van der Waals surface area (Å²) in [7, 11) is 0. The first-order chi connectivity index (χ1) is 2.93. The molecular formula is C4H6ClO. The zero-order valence-corrected chi connectivity index (χ0v) is 4.11. The number of ether oxygens (including phenoxy) is 1. The molecule has 1 fully saturated rings. The molecule has 0 amide bonds. The third-order valence-electron chi connectivity index (χ3n) is 0.705. The Hall–Kier alpha value is 0.250. The molecule has 1 rings (SSSR count). The maximum absolute atomic E-state index is 5.19. The summed E-state index contributed by atoms with van der Waals surface area (Å²) in [5.74, 6) is 0. The molecule has 0 aromatic rings. The van der Waals surface area contributed by atoms with Crippen LogP contribution in [-0.4, -0.2) is 12.2 Å². The van der Waals surface area contributed by atoms with Crippen molar-refractivity contribution < 1.29 is 4.74 Å². The van der Waals surface area contributed by atoms with Crippen molar-refractivity contribution in [3.8, 4) is 0 Å². The first-order valence-corrected chi connectivity index (χ1v) is 2.48. The fourth-order valence-electron chi connectivity index (χ4n) is 0.273. The normalized spacial score (nSPS) is 21.5. The highest BCUT2D eigenvalue weighted by Gasteiger charge is 2.21. The summed E-state index contributed by atoms with van der Waals surface area (Å²) < 4.78 is 4.86. The molecule has 1 radical (unpaired) electrons. The molecule has 6 heavy (non-hydrogen) atoms. The van der Waals surface area contributed by atoms with Gasteiger partial charge in [-0.3, -0.25) is 0 Å². The van der Waals surface area contributed by atoms with Crippen LogP contribution in [0.5, 0.6) is 0 Å². The van der Waals surface area contributed by atoms with Crippen LogP contribution in [0.1, 0.15) is 6.42 Å². The predicted octanol–water partition coefficient (Wildman–Crippen LogP) is 1.18. The molecular weight excluding hydrogens is 99.5 g/mol. The molecule has 0 aromatic heterocycles. The van der Waals surface area contributed by atoms with Gasteiger partial charge in [-0.25, -0.2) is 0 Å². The van der Waals surface area contributed by atoms with Crippen molar-refractivity contribution in [3.05, 3.63) is 6.42 Å². The summed E-state index contributed by atoms with van der Waals surface area (Å²) >= 11 is 5.19. The van der Waals surface area contributed by atoms with Crippen molar-refractivity contribution in [2.45, 2.75) is 12.5 Å². The maximum Gasteiger partial charge on any atom is 0.121 e. The first kappa shape index (κ1) is 4.41. The van der Waals surface area contributed by atoms with E-state index in [0.717, 1.165) is 6.42 Å². The predicted molar refractivity (Wildman–Crippen MR) is 24.5 cm³/mol. The number of rotatable bonds is 2. The Morgan fingerprint density at radius 2 is 2.67 bits per heavy atom. The van der Waals surface area contributed by atoms with Gasteiger partial charge in [0.15, 0.2) is 0 Å². The lowest BCUT2D eigenvalue weighted by Gasteiger charge is -1.87. The Labute approximate surface area is 42.2 Å². The second kappa shape index (κ2) is 1.80. The molecule has 0 aliphatic heterocycles. The van der Waals surface area contributed by atoms with Gasteiger partial charge in [-0.05, 0) is 12.8 Å². The molecule has 0 N–H and O–H groups in total. The molecule has 0 bridgehead atoms. The van der Waals surface area contributed by atoms with E-state index in [1.165, 1.54) is 0 Å². The molecule has 1 saturated carbocycles. The second-order valence-electron chi connectivity index (χ2n) is 1.29. The molecule has 0 saturated heterocycles. The van der Waals surface area contributed by atoms with Crippen molar-refractivity contribution >= 4 is 11.6 Å². The number of alkyl halides is 1. The highest BCUT2D eigenvalue weighted by molar-refractivity contribution is 6.17. The summed E-state index contributed by atoms with van der Waals surface area (Å²) in [5, 5.41) is 0. The van der Waals surface area contributed by atoms with Gasteiger partial charge in [0.05, 0.1) is 6.10 Å². The van der Waals surface area contributed by atoms with Crippen molar-refractivity contribution in [1.29, 1.82) is 0 Å². The average Bonchev–Trinajstić information content (AvgIpc) is 2.21. The van der Waals surface area contributed by atoms with E-state index in [1.807, 2.05) is 0 Å². The summed E-state index contributed by atoms with van der Waals surface area (Å²) in [4.78, 5) is 0. The zero-order chi connectivity index (χ0) is 4.41. The Morgan fingerprint density at radius 1 is 2.00 bits per heavy atom. The topological polar surface area (TPSA) is 9.23 Å². The standard InChI is InChI=1S/C4H6ClO/c5-3-6-4-1-2-4/h1,4H,2-3H2. The molecule has 35 valence electrons. The Kier molecular flexibility index (Phi) is 1.33. The minimum absolute atomic E-state index is 0.334. The lowest BCUT2D eigenvalue weighted by Crippen LogP contribution is -1.87. The molecule has 0 heterocycles. The van der Waals surface area contributed by atoms with Gasteiger partial charge in [0.2, 0.25) is 0 Å². The number of hydrogen-bond donors (Lipinski definition) is 0. The van der Waals surface area contributed by atoms with Crippen LogP contribution < -0.4 is 0 Å². The summed E-state index contributed by atoms with van der Waals surface area (Å²) in [6.45, 7) is 0. The van der Waals surface area contributed by atoms with E-state index < -0.39 is 0 Å². The molecule has 1 nitrogen and oxygen atoms in total. The van der Waals surface area contributed by atoms with Crippen molar-refractivity contribution in [2.75, 3.05) is 6.07 Å². The minimum Gasteiger partial charge on any atom is -0.362 e. The van der Waals surface area contributed by atoms with Crippen LogP contribution in [0.15, 0.2) is 0 Å². The SMILES string of the molecule is ClCOC1[CH]C1. The van der Waals surface area contributed by atoms with Gasteiger partial charge in [-0.1, -0.05) is 11.6 Å². The highest BCUT2D eigenvalue weighted by atomic mass is 35.5. The van der Waals surface area contributed by atoms with Gasteiger partial charge >= 0.3 is 0 Å². The Bertz CT molecular complexity index is 42.8. The lowest BCUT2D eigenvalue weighted by atomic mass is 10.9. The van der Waals surface area contributed by atoms with Crippen LogP contribution in [0.3, 0.4) is 0 Å². The highest BCUT2D eigenvalue weighted by Crippen LogP contribution is 2.21. The number of hydrogen-bond acceptors (Lipinski definition) is 1. The summed E-state index contributed by atoms with van der Waals surface area (Å²) in [5.41, 5.74) is 0. The van der Waals surface area contributed by atoms with E-state index in [1.54, 1.807) is 0 Å². The van der Waals surface area contributed by atoms with E-state index >= 15 is 0 Å². The fourth-order valence-corrected chi connectivity index (χ4v) is 0.434. The summed E-state index contributed by atoms with van der Waals surface area (Å²) in [6, 6.07) is 0.334. The van der Waals surface area contributed by atoms with Gasteiger partial charge in [0.1, 0.15) is 6.07 Å². The molecule has 0 aromatic carbocycles. The van der Waals surface area contributed by atoms with Gasteiger partial charge < -0.3 is 4.74 Å². The van der Waals surface area contributed by atoms with E-state index in [4.69, 9.17) is 16.3 Å². The third-order valence-corrected chi connectivity index (χ3v) is 0.831. The quantitative estimate of drug-likeness (QED) is 0.479. The van der Waals surface area contributed by atoms with E-state index in [-0.39, 0.29) is 0 Å². The molecule has 1 atom stereocenters. The van der Waals surface area contributed by atoms with Crippen LogP contribution in [0.25, 0.3) is 0 Å². The Balaban J connectivity index is 1.88. The van der Waals surface area contributed by atoms with Crippen LogP contribution in [0, 0.1) is 6.42 Å².